The Bertz CT molecular complexity index is 449. The number of aromatic nitrogens is 3. The largest absolute Gasteiger partial charge is 0.436 e. The van der Waals surface area contributed by atoms with E-state index in [4.69, 9.17) is 10.5 Å². The van der Waals surface area contributed by atoms with Gasteiger partial charge in [-0.15, -0.1) is 0 Å². The highest BCUT2D eigenvalue weighted by Gasteiger charge is 2.01. The van der Waals surface area contributed by atoms with Gasteiger partial charge >= 0.3 is 0 Å². The average molecular weight is 218 g/mol. The first-order valence-electron chi connectivity index (χ1n) is 5.20. The van der Waals surface area contributed by atoms with Crippen LogP contribution in [-0.4, -0.2) is 14.8 Å². The molecule has 0 spiro atoms. The quantitative estimate of drug-likeness (QED) is 0.853. The molecule has 0 saturated heterocycles. The Kier molecular flexibility index (Phi) is 3.05. The van der Waals surface area contributed by atoms with Gasteiger partial charge in [0.15, 0.2) is 5.75 Å². The monoisotopic (exact) mass is 218 g/mol. The van der Waals surface area contributed by atoms with Crippen LogP contribution in [0.25, 0.3) is 0 Å². The highest BCUT2D eigenvalue weighted by Crippen LogP contribution is 2.18. The predicted octanol–water partition coefficient (Wildman–Crippen LogP) is 2.06. The van der Waals surface area contributed by atoms with Crippen molar-refractivity contribution in [3.63, 3.8) is 0 Å². The van der Waals surface area contributed by atoms with Gasteiger partial charge < -0.3 is 10.5 Å². The van der Waals surface area contributed by atoms with Crippen molar-refractivity contribution in [3.05, 3.63) is 30.7 Å². The number of pyridine rings is 1. The summed E-state index contributed by atoms with van der Waals surface area (Å²) in [5, 5.41) is 4.16. The summed E-state index contributed by atoms with van der Waals surface area (Å²) in [5.74, 6) is 1.20. The van der Waals surface area contributed by atoms with E-state index in [1.807, 2.05) is 10.9 Å². The van der Waals surface area contributed by atoms with Gasteiger partial charge in [-0.3, -0.25) is 4.68 Å². The van der Waals surface area contributed by atoms with Crippen molar-refractivity contribution in [2.45, 2.75) is 19.9 Å². The molecule has 0 fully saturated rings. The molecule has 2 N–H and O–H groups in total. The maximum Gasteiger partial charge on any atom is 0.219 e. The second-order valence-corrected chi connectivity index (χ2v) is 3.47. The molecule has 0 unspecified atom stereocenters. The van der Waals surface area contributed by atoms with Gasteiger partial charge in [0.05, 0.1) is 24.3 Å². The van der Waals surface area contributed by atoms with Gasteiger partial charge in [-0.05, 0) is 12.5 Å². The molecule has 0 amide bonds. The van der Waals surface area contributed by atoms with Crippen LogP contribution in [0.1, 0.15) is 13.3 Å². The highest BCUT2D eigenvalue weighted by molar-refractivity contribution is 5.36. The van der Waals surface area contributed by atoms with Gasteiger partial charge in [-0.25, -0.2) is 4.98 Å². The molecule has 0 aliphatic carbocycles. The fourth-order valence-corrected chi connectivity index (χ4v) is 1.32. The van der Waals surface area contributed by atoms with E-state index >= 15 is 0 Å². The number of rotatable bonds is 4. The standard InChI is InChI=1S/C11H14N4O/c1-2-5-15-8-10(7-14-15)16-11-4-3-9(12)6-13-11/h3-4,6-8H,2,5,12H2,1H3. The maximum atomic E-state index is 5.53. The average Bonchev–Trinajstić information content (AvgIpc) is 2.70. The van der Waals surface area contributed by atoms with Crippen molar-refractivity contribution in [3.8, 4) is 11.6 Å². The van der Waals surface area contributed by atoms with Crippen molar-refractivity contribution >= 4 is 5.69 Å². The van der Waals surface area contributed by atoms with Crippen molar-refractivity contribution in [2.24, 2.45) is 0 Å². The molecule has 2 rings (SSSR count). The normalized spacial score (nSPS) is 10.3. The lowest BCUT2D eigenvalue weighted by atomic mass is 10.4. The lowest BCUT2D eigenvalue weighted by Crippen LogP contribution is -1.95. The number of nitrogens with two attached hydrogens (primary N) is 1. The molecular formula is C11H14N4O. The number of hydrogen-bond acceptors (Lipinski definition) is 4. The van der Waals surface area contributed by atoms with Gasteiger partial charge in [-0.1, -0.05) is 6.92 Å². The van der Waals surface area contributed by atoms with E-state index in [0.717, 1.165) is 13.0 Å². The van der Waals surface area contributed by atoms with E-state index in [0.29, 0.717) is 17.3 Å². The van der Waals surface area contributed by atoms with Crippen LogP contribution in [0.3, 0.4) is 0 Å². The van der Waals surface area contributed by atoms with Crippen LogP contribution in [-0.2, 0) is 6.54 Å². The number of ether oxygens (including phenoxy) is 1. The minimum atomic E-state index is 0.519. The van der Waals surface area contributed by atoms with Crippen LogP contribution in [0.15, 0.2) is 30.7 Å². The van der Waals surface area contributed by atoms with E-state index in [1.54, 1.807) is 24.5 Å². The molecule has 5 nitrogen and oxygen atoms in total. The molecular weight excluding hydrogens is 204 g/mol. The van der Waals surface area contributed by atoms with Crippen LogP contribution in [0, 0.1) is 0 Å². The van der Waals surface area contributed by atoms with Crippen molar-refractivity contribution in [2.75, 3.05) is 5.73 Å². The molecule has 2 heterocycles. The van der Waals surface area contributed by atoms with E-state index in [1.165, 1.54) is 0 Å². The summed E-state index contributed by atoms with van der Waals surface area (Å²) in [6.45, 7) is 2.99. The smallest absolute Gasteiger partial charge is 0.219 e. The fourth-order valence-electron chi connectivity index (χ4n) is 1.32. The number of nitrogens with zero attached hydrogens (tertiary/aromatic N) is 3. The molecule has 0 aromatic carbocycles. The van der Waals surface area contributed by atoms with Crippen molar-refractivity contribution in [1.29, 1.82) is 0 Å². The first-order chi connectivity index (χ1) is 7.78. The zero-order valence-electron chi connectivity index (χ0n) is 9.13. The zero-order valence-corrected chi connectivity index (χ0v) is 9.13. The van der Waals surface area contributed by atoms with Gasteiger partial charge in [0.2, 0.25) is 5.88 Å². The number of hydrogen-bond donors (Lipinski definition) is 1. The lowest BCUT2D eigenvalue weighted by molar-refractivity contribution is 0.461. The minimum Gasteiger partial charge on any atom is -0.436 e. The van der Waals surface area contributed by atoms with Gasteiger partial charge in [0, 0.05) is 12.6 Å². The van der Waals surface area contributed by atoms with Crippen molar-refractivity contribution < 1.29 is 4.74 Å². The summed E-state index contributed by atoms with van der Waals surface area (Å²) in [6.07, 6.45) is 6.13. The van der Waals surface area contributed by atoms with Crippen molar-refractivity contribution in [1.82, 2.24) is 14.8 Å². The third-order valence-corrected chi connectivity index (χ3v) is 2.04. The van der Waals surface area contributed by atoms with Crippen LogP contribution >= 0.6 is 0 Å². The topological polar surface area (TPSA) is 66.0 Å². The first-order valence-corrected chi connectivity index (χ1v) is 5.20. The van der Waals surface area contributed by atoms with E-state index < -0.39 is 0 Å². The Morgan fingerprint density at radius 1 is 1.38 bits per heavy atom. The molecule has 0 aliphatic heterocycles. The Labute approximate surface area is 93.9 Å². The summed E-state index contributed by atoms with van der Waals surface area (Å²) < 4.78 is 7.35. The highest BCUT2D eigenvalue weighted by atomic mass is 16.5. The number of nitrogen functional groups attached to an aromatic ring is 1. The van der Waals surface area contributed by atoms with E-state index in [-0.39, 0.29) is 0 Å². The molecule has 0 radical (unpaired) electrons. The Morgan fingerprint density at radius 2 is 2.25 bits per heavy atom. The van der Waals surface area contributed by atoms with Gasteiger partial charge in [-0.2, -0.15) is 5.10 Å². The zero-order chi connectivity index (χ0) is 11.4. The van der Waals surface area contributed by atoms with Crippen LogP contribution in [0.2, 0.25) is 0 Å². The SMILES string of the molecule is CCCn1cc(Oc2ccc(N)cn2)cn1. The molecule has 0 atom stereocenters. The Balaban J connectivity index is 2.05. The third-order valence-electron chi connectivity index (χ3n) is 2.04. The summed E-state index contributed by atoms with van der Waals surface area (Å²) in [4.78, 5) is 4.04. The Morgan fingerprint density at radius 3 is 2.94 bits per heavy atom. The Hall–Kier alpha value is -2.04. The summed E-state index contributed by atoms with van der Waals surface area (Å²) in [6, 6.07) is 3.48. The molecule has 2 aromatic heterocycles. The summed E-state index contributed by atoms with van der Waals surface area (Å²) in [7, 11) is 0. The van der Waals surface area contributed by atoms with Crippen LogP contribution < -0.4 is 10.5 Å². The number of anilines is 1. The van der Waals surface area contributed by atoms with Gasteiger partial charge in [0.25, 0.3) is 0 Å². The summed E-state index contributed by atoms with van der Waals surface area (Å²) >= 11 is 0. The second-order valence-electron chi connectivity index (χ2n) is 3.47. The van der Waals surface area contributed by atoms with Crippen LogP contribution in [0.5, 0.6) is 11.6 Å². The predicted molar refractivity (Wildman–Crippen MR) is 61.2 cm³/mol. The molecule has 0 aliphatic rings. The third kappa shape index (κ3) is 2.50. The molecule has 0 saturated carbocycles. The fraction of sp³-hybridized carbons (Fsp3) is 0.273. The number of aryl methyl sites for hydroxylation is 1. The molecule has 0 bridgehead atoms. The molecule has 2 aromatic rings. The lowest BCUT2D eigenvalue weighted by Gasteiger charge is -2.01. The van der Waals surface area contributed by atoms with Gasteiger partial charge in [0.1, 0.15) is 0 Å². The van der Waals surface area contributed by atoms with E-state index in [9.17, 15) is 0 Å². The molecule has 84 valence electrons. The van der Waals surface area contributed by atoms with Crippen LogP contribution in [0.4, 0.5) is 5.69 Å². The first kappa shape index (κ1) is 10.5. The minimum absolute atomic E-state index is 0.519. The second kappa shape index (κ2) is 4.65. The maximum absolute atomic E-state index is 5.53. The molecule has 16 heavy (non-hydrogen) atoms. The van der Waals surface area contributed by atoms with E-state index in [2.05, 4.69) is 17.0 Å². The molecule has 5 heteroatoms. The summed E-state index contributed by atoms with van der Waals surface area (Å²) in [5.41, 5.74) is 6.15.